The second kappa shape index (κ2) is 5.41. The van der Waals surface area contributed by atoms with E-state index in [1.165, 1.54) is 13.8 Å². The minimum Gasteiger partial charge on any atom is -0.379 e. The van der Waals surface area contributed by atoms with Gasteiger partial charge in [-0.3, -0.25) is 0 Å². The van der Waals surface area contributed by atoms with E-state index in [4.69, 9.17) is 15.0 Å². The molecule has 0 aliphatic heterocycles. The van der Waals surface area contributed by atoms with Crippen LogP contribution in [0.5, 0.6) is 0 Å². The minimum absolute atomic E-state index is 0.0718. The Morgan fingerprint density at radius 2 is 1.39 bits per heavy atom. The molecule has 4 N–H and O–H groups in total. The first-order valence-corrected chi connectivity index (χ1v) is 8.53. The van der Waals surface area contributed by atoms with Gasteiger partial charge in [0.1, 0.15) is 4.75 Å². The topological polar surface area (TPSA) is 130 Å². The van der Waals surface area contributed by atoms with Crippen LogP contribution in [0.2, 0.25) is 0 Å². The van der Waals surface area contributed by atoms with Crippen LogP contribution >= 0.6 is 0 Å². The maximum Gasteiger partial charge on any atom is 0.216 e. The van der Waals surface area contributed by atoms with E-state index in [2.05, 4.69) is 0 Å². The van der Waals surface area contributed by atoms with Crippen LogP contribution in [0.3, 0.4) is 0 Å². The van der Waals surface area contributed by atoms with Crippen molar-refractivity contribution < 1.29 is 21.6 Å². The van der Waals surface area contributed by atoms with E-state index < -0.39 is 30.2 Å². The Bertz CT molecular complexity index is 479. The molecule has 0 rings (SSSR count). The van der Waals surface area contributed by atoms with E-state index in [1.54, 1.807) is 13.8 Å². The molecule has 18 heavy (non-hydrogen) atoms. The molecule has 0 spiro atoms. The van der Waals surface area contributed by atoms with Gasteiger partial charge < -0.3 is 4.74 Å². The summed E-state index contributed by atoms with van der Waals surface area (Å²) in [6, 6.07) is 0. The molecule has 0 bridgehead atoms. The number of sulfonamides is 2. The average molecular weight is 302 g/mol. The molecular formula is C9H22N2O5S2. The lowest BCUT2D eigenvalue weighted by molar-refractivity contribution is 0.0610. The Labute approximate surface area is 109 Å². The summed E-state index contributed by atoms with van der Waals surface area (Å²) in [5.74, 6) is -0.240. The van der Waals surface area contributed by atoms with Crippen LogP contribution in [0.4, 0.5) is 0 Å². The molecule has 0 saturated heterocycles. The van der Waals surface area contributed by atoms with E-state index in [-0.39, 0.29) is 19.0 Å². The maximum atomic E-state index is 11.2. The molecule has 7 nitrogen and oxygen atoms in total. The lowest BCUT2D eigenvalue weighted by Gasteiger charge is -2.27. The third kappa shape index (κ3) is 6.64. The van der Waals surface area contributed by atoms with Crippen molar-refractivity contribution in [1.29, 1.82) is 0 Å². The Kier molecular flexibility index (Phi) is 5.35. The fourth-order valence-corrected chi connectivity index (χ4v) is 2.66. The fraction of sp³-hybridized carbons (Fsp3) is 1.00. The maximum absolute atomic E-state index is 11.2. The van der Waals surface area contributed by atoms with Gasteiger partial charge in [-0.05, 0) is 13.8 Å². The molecule has 0 heterocycles. The molecule has 0 aliphatic carbocycles. The zero-order valence-corrected chi connectivity index (χ0v) is 12.8. The standard InChI is InChI=1S/C9H22N2O5S2/c1-8(2,7-17(10,12)13)5-16-6-9(3,4)18(11,14)15/h5-7H2,1-4H3,(H2,10,12,13)(H2,11,14,15). The Hall–Kier alpha value is -0.220. The number of rotatable bonds is 7. The first kappa shape index (κ1) is 17.8. The van der Waals surface area contributed by atoms with Gasteiger partial charge in [0.25, 0.3) is 0 Å². The van der Waals surface area contributed by atoms with Crippen LogP contribution in [0.15, 0.2) is 0 Å². The summed E-state index contributed by atoms with van der Waals surface area (Å²) in [6.45, 7) is 6.18. The summed E-state index contributed by atoms with van der Waals surface area (Å²) in [5.41, 5.74) is -0.692. The van der Waals surface area contributed by atoms with Crippen molar-refractivity contribution in [2.75, 3.05) is 19.0 Å². The van der Waals surface area contributed by atoms with E-state index in [1.807, 2.05) is 0 Å². The summed E-state index contributed by atoms with van der Waals surface area (Å²) in [7, 11) is -7.32. The molecule has 0 aromatic carbocycles. The van der Waals surface area contributed by atoms with Gasteiger partial charge in [0.05, 0.1) is 19.0 Å². The molecule has 0 aromatic rings. The van der Waals surface area contributed by atoms with Gasteiger partial charge in [0, 0.05) is 5.41 Å². The van der Waals surface area contributed by atoms with Crippen LogP contribution in [0.25, 0.3) is 0 Å². The van der Waals surface area contributed by atoms with Crippen molar-refractivity contribution in [3.05, 3.63) is 0 Å². The van der Waals surface area contributed by atoms with Gasteiger partial charge in [0.2, 0.25) is 20.0 Å². The zero-order valence-electron chi connectivity index (χ0n) is 11.1. The molecule has 0 radical (unpaired) electrons. The van der Waals surface area contributed by atoms with Crippen LogP contribution in [-0.4, -0.2) is 40.5 Å². The molecule has 0 aromatic heterocycles. The predicted octanol–water partition coefficient (Wildman–Crippen LogP) is -0.615. The van der Waals surface area contributed by atoms with Gasteiger partial charge in [0.15, 0.2) is 0 Å². The highest BCUT2D eigenvalue weighted by molar-refractivity contribution is 7.90. The van der Waals surface area contributed by atoms with Crippen molar-refractivity contribution in [2.24, 2.45) is 15.7 Å². The van der Waals surface area contributed by atoms with Crippen molar-refractivity contribution in [2.45, 2.75) is 32.4 Å². The lowest BCUT2D eigenvalue weighted by atomic mass is 9.98. The fourth-order valence-electron chi connectivity index (χ4n) is 1.24. The van der Waals surface area contributed by atoms with E-state index in [0.717, 1.165) is 0 Å². The van der Waals surface area contributed by atoms with E-state index >= 15 is 0 Å². The number of ether oxygens (including phenoxy) is 1. The van der Waals surface area contributed by atoms with Crippen molar-refractivity contribution in [3.63, 3.8) is 0 Å². The van der Waals surface area contributed by atoms with Crippen LogP contribution in [0, 0.1) is 5.41 Å². The Morgan fingerprint density at radius 1 is 0.944 bits per heavy atom. The number of primary sulfonamides is 2. The van der Waals surface area contributed by atoms with Gasteiger partial charge >= 0.3 is 0 Å². The van der Waals surface area contributed by atoms with Crippen LogP contribution in [0.1, 0.15) is 27.7 Å². The molecule has 0 saturated carbocycles. The van der Waals surface area contributed by atoms with Gasteiger partial charge in [-0.1, -0.05) is 13.8 Å². The molecule has 0 unspecified atom stereocenters. The smallest absolute Gasteiger partial charge is 0.216 e. The SMILES string of the molecule is CC(C)(COCC(C)(C)S(N)(=O)=O)CS(N)(=O)=O. The molecule has 0 amide bonds. The average Bonchev–Trinajstić information content (AvgIpc) is 1.94. The molecule has 0 aliphatic rings. The molecule has 0 fully saturated rings. The normalized spacial score (nSPS) is 14.8. The molecule has 9 heteroatoms. The number of hydrogen-bond acceptors (Lipinski definition) is 5. The summed E-state index contributed by atoms with van der Waals surface area (Å²) in [5, 5.41) is 9.99. The van der Waals surface area contributed by atoms with Crippen LogP contribution < -0.4 is 10.3 Å². The monoisotopic (exact) mass is 302 g/mol. The lowest BCUT2D eigenvalue weighted by Crippen LogP contribution is -2.43. The van der Waals surface area contributed by atoms with Gasteiger partial charge in [-0.15, -0.1) is 0 Å². The Morgan fingerprint density at radius 3 is 1.72 bits per heavy atom. The second-order valence-corrected chi connectivity index (χ2v) is 9.58. The van der Waals surface area contributed by atoms with Crippen molar-refractivity contribution in [3.8, 4) is 0 Å². The highest BCUT2D eigenvalue weighted by atomic mass is 32.2. The highest BCUT2D eigenvalue weighted by Gasteiger charge is 2.33. The molecular weight excluding hydrogens is 280 g/mol. The second-order valence-electron chi connectivity index (χ2n) is 5.77. The Balaban J connectivity index is 4.45. The van der Waals surface area contributed by atoms with Crippen LogP contribution in [-0.2, 0) is 24.8 Å². The van der Waals surface area contributed by atoms with Crippen molar-refractivity contribution in [1.82, 2.24) is 0 Å². The summed E-state index contributed by atoms with van der Waals surface area (Å²) in [6.07, 6.45) is 0. The van der Waals surface area contributed by atoms with E-state index in [9.17, 15) is 16.8 Å². The quantitative estimate of drug-likeness (QED) is 0.647. The molecule has 110 valence electrons. The largest absolute Gasteiger partial charge is 0.379 e. The third-order valence-corrected chi connectivity index (χ3v) is 5.15. The highest BCUT2D eigenvalue weighted by Crippen LogP contribution is 2.20. The van der Waals surface area contributed by atoms with Gasteiger partial charge in [-0.2, -0.15) is 0 Å². The first-order chi connectivity index (χ1) is 7.66. The zero-order chi connectivity index (χ0) is 14.8. The summed E-state index contributed by atoms with van der Waals surface area (Å²) in [4.78, 5) is 0. The summed E-state index contributed by atoms with van der Waals surface area (Å²) >= 11 is 0. The first-order valence-electron chi connectivity index (χ1n) is 5.27. The predicted molar refractivity (Wildman–Crippen MR) is 69.8 cm³/mol. The molecule has 0 atom stereocenters. The summed E-state index contributed by atoms with van der Waals surface area (Å²) < 4.78 is 48.4. The van der Waals surface area contributed by atoms with Gasteiger partial charge in [-0.25, -0.2) is 27.1 Å². The van der Waals surface area contributed by atoms with E-state index in [0.29, 0.717) is 0 Å². The third-order valence-electron chi connectivity index (χ3n) is 2.30. The number of hydrogen-bond donors (Lipinski definition) is 2. The number of nitrogens with two attached hydrogens (primary N) is 2. The minimum atomic E-state index is -3.72. The van der Waals surface area contributed by atoms with Crippen molar-refractivity contribution >= 4 is 20.0 Å².